The van der Waals surface area contributed by atoms with Crippen LogP contribution in [0.5, 0.6) is 0 Å². The number of hydrogen-bond donors (Lipinski definition) is 2. The van der Waals surface area contributed by atoms with E-state index in [1.54, 1.807) is 0 Å². The van der Waals surface area contributed by atoms with Crippen LogP contribution in [0.15, 0.2) is 12.1 Å². The summed E-state index contributed by atoms with van der Waals surface area (Å²) in [5.41, 5.74) is 6.27. The maximum Gasteiger partial charge on any atom is 0.340 e. The van der Waals surface area contributed by atoms with Gasteiger partial charge >= 0.3 is 5.97 Å². The minimum absolute atomic E-state index is 0.0935. The molecule has 1 aliphatic heterocycles. The van der Waals surface area contributed by atoms with Crippen LogP contribution in [0.1, 0.15) is 29.6 Å². The first kappa shape index (κ1) is 14.1. The molecule has 2 aliphatic rings. The summed E-state index contributed by atoms with van der Waals surface area (Å²) in [6, 6.07) is 3.53. The summed E-state index contributed by atoms with van der Waals surface area (Å²) < 4.78 is 18.7. The van der Waals surface area contributed by atoms with E-state index < -0.39 is 11.8 Å². The second-order valence-corrected chi connectivity index (χ2v) is 5.77. The van der Waals surface area contributed by atoms with Gasteiger partial charge in [0.1, 0.15) is 5.82 Å². The summed E-state index contributed by atoms with van der Waals surface area (Å²) in [4.78, 5) is 14.1. The number of ether oxygens (including phenoxy) is 1. The van der Waals surface area contributed by atoms with E-state index in [1.165, 1.54) is 32.1 Å². The van der Waals surface area contributed by atoms with Gasteiger partial charge in [-0.2, -0.15) is 0 Å². The second kappa shape index (κ2) is 5.52. The van der Waals surface area contributed by atoms with E-state index in [9.17, 15) is 9.18 Å². The largest absolute Gasteiger partial charge is 0.465 e. The fourth-order valence-corrected chi connectivity index (χ4v) is 2.88. The summed E-state index contributed by atoms with van der Waals surface area (Å²) >= 11 is 0. The molecule has 1 atom stereocenters. The molecule has 6 heteroatoms. The third-order valence-electron chi connectivity index (χ3n) is 4.19. The van der Waals surface area contributed by atoms with Crippen molar-refractivity contribution < 1.29 is 13.9 Å². The number of halogens is 1. The van der Waals surface area contributed by atoms with Crippen LogP contribution < -0.4 is 11.1 Å². The molecule has 3 rings (SSSR count). The highest BCUT2D eigenvalue weighted by atomic mass is 19.1. The van der Waals surface area contributed by atoms with Crippen LogP contribution >= 0.6 is 0 Å². The normalized spacial score (nSPS) is 22.3. The van der Waals surface area contributed by atoms with Gasteiger partial charge in [-0.25, -0.2) is 9.18 Å². The molecule has 1 aromatic carbocycles. The third kappa shape index (κ3) is 2.95. The molecule has 1 saturated carbocycles. The Morgan fingerprint density at radius 1 is 1.43 bits per heavy atom. The van der Waals surface area contributed by atoms with Crippen molar-refractivity contribution in [2.24, 2.45) is 0 Å². The third-order valence-corrected chi connectivity index (χ3v) is 4.19. The van der Waals surface area contributed by atoms with Crippen molar-refractivity contribution in [2.75, 3.05) is 31.2 Å². The number of carbonyl (C=O) groups excluding carboxylic acids is 1. The highest BCUT2D eigenvalue weighted by Gasteiger charge is 2.34. The second-order valence-electron chi connectivity index (χ2n) is 5.77. The zero-order valence-corrected chi connectivity index (χ0v) is 12.1. The Kier molecular flexibility index (Phi) is 3.71. The summed E-state index contributed by atoms with van der Waals surface area (Å²) in [5, 5.41) is 3.19. The fraction of sp³-hybridized carbons (Fsp3) is 0.533. The summed E-state index contributed by atoms with van der Waals surface area (Å²) in [6.45, 7) is 1.96. The van der Waals surface area contributed by atoms with Crippen LogP contribution in [0.25, 0.3) is 0 Å². The van der Waals surface area contributed by atoms with Gasteiger partial charge in [-0.3, -0.25) is 4.90 Å². The average Bonchev–Trinajstić information content (AvgIpc) is 3.21. The molecule has 0 radical (unpaired) electrons. The molecule has 0 aromatic heterocycles. The molecule has 2 fully saturated rings. The number of nitrogens with zero attached hydrogens (tertiary/aromatic N) is 1. The lowest BCUT2D eigenvalue weighted by Gasteiger charge is -2.18. The Labute approximate surface area is 123 Å². The van der Waals surface area contributed by atoms with Crippen LogP contribution in [-0.4, -0.2) is 43.2 Å². The number of likely N-dealkylation sites (tertiary alicyclic amines) is 1. The van der Waals surface area contributed by atoms with Crippen LogP contribution in [0.2, 0.25) is 0 Å². The molecule has 0 bridgehead atoms. The quantitative estimate of drug-likeness (QED) is 0.655. The van der Waals surface area contributed by atoms with E-state index in [0.717, 1.165) is 25.6 Å². The number of benzene rings is 1. The number of nitrogens with one attached hydrogen (secondary N) is 1. The highest BCUT2D eigenvalue weighted by Crippen LogP contribution is 2.31. The molecule has 3 N–H and O–H groups in total. The van der Waals surface area contributed by atoms with Gasteiger partial charge in [0.15, 0.2) is 0 Å². The molecule has 1 unspecified atom stereocenters. The molecule has 5 nitrogen and oxygen atoms in total. The predicted molar refractivity (Wildman–Crippen MR) is 78.8 cm³/mol. The number of nitrogen functional groups attached to an aromatic ring is 1. The maximum atomic E-state index is 14.0. The Bertz CT molecular complexity index is 560. The molecule has 1 heterocycles. The smallest absolute Gasteiger partial charge is 0.340 e. The minimum atomic E-state index is -0.554. The standard InChI is InChI=1S/C15H20FN3O2/c1-21-15(20)11-6-14(12(16)7-13(11)17)18-9-4-5-19(8-9)10-2-3-10/h6-7,9-10,18H,2-5,8,17H2,1H3. The number of rotatable bonds is 4. The van der Waals surface area contributed by atoms with Gasteiger partial charge in [0.25, 0.3) is 0 Å². The van der Waals surface area contributed by atoms with Gasteiger partial charge in [-0.05, 0) is 31.4 Å². The number of nitrogens with two attached hydrogens (primary N) is 1. The van der Waals surface area contributed by atoms with E-state index in [1.807, 2.05) is 0 Å². The molecule has 21 heavy (non-hydrogen) atoms. The lowest BCUT2D eigenvalue weighted by atomic mass is 10.1. The van der Waals surface area contributed by atoms with Gasteiger partial charge < -0.3 is 15.8 Å². The molecule has 1 aliphatic carbocycles. The lowest BCUT2D eigenvalue weighted by Crippen LogP contribution is -2.28. The first-order chi connectivity index (χ1) is 10.1. The molecular formula is C15H20FN3O2. The Balaban J connectivity index is 1.74. The van der Waals surface area contributed by atoms with Crippen molar-refractivity contribution in [3.05, 3.63) is 23.5 Å². The van der Waals surface area contributed by atoms with Crippen molar-refractivity contribution in [3.63, 3.8) is 0 Å². The molecule has 114 valence electrons. The monoisotopic (exact) mass is 293 g/mol. The van der Waals surface area contributed by atoms with Crippen LogP contribution in [0.3, 0.4) is 0 Å². The predicted octanol–water partition coefficient (Wildman–Crippen LogP) is 1.84. The van der Waals surface area contributed by atoms with E-state index >= 15 is 0 Å². The Morgan fingerprint density at radius 3 is 2.86 bits per heavy atom. The zero-order chi connectivity index (χ0) is 15.0. The van der Waals surface area contributed by atoms with Crippen LogP contribution in [-0.2, 0) is 4.74 Å². The first-order valence-electron chi connectivity index (χ1n) is 7.26. The van der Waals surface area contributed by atoms with Crippen LogP contribution in [0.4, 0.5) is 15.8 Å². The van der Waals surface area contributed by atoms with E-state index in [4.69, 9.17) is 5.73 Å². The Morgan fingerprint density at radius 2 is 2.19 bits per heavy atom. The zero-order valence-electron chi connectivity index (χ0n) is 12.1. The lowest BCUT2D eigenvalue weighted by molar-refractivity contribution is 0.0602. The molecular weight excluding hydrogens is 273 g/mol. The van der Waals surface area contributed by atoms with Gasteiger partial charge in [-0.15, -0.1) is 0 Å². The molecule has 0 spiro atoms. The van der Waals surface area contributed by atoms with Gasteiger partial charge in [0.2, 0.25) is 0 Å². The molecule has 1 aromatic rings. The van der Waals surface area contributed by atoms with Gasteiger partial charge in [-0.1, -0.05) is 0 Å². The SMILES string of the molecule is COC(=O)c1cc(NC2CCN(C3CC3)C2)c(F)cc1N. The number of methoxy groups -OCH3 is 1. The van der Waals surface area contributed by atoms with Gasteiger partial charge in [0, 0.05) is 30.9 Å². The molecule has 0 amide bonds. The summed E-state index contributed by atoms with van der Waals surface area (Å²) in [6.07, 6.45) is 3.53. The van der Waals surface area contributed by atoms with E-state index in [-0.39, 0.29) is 17.3 Å². The van der Waals surface area contributed by atoms with Crippen molar-refractivity contribution in [1.82, 2.24) is 4.90 Å². The molecule has 1 saturated heterocycles. The van der Waals surface area contributed by atoms with Crippen molar-refractivity contribution in [3.8, 4) is 0 Å². The fourth-order valence-electron chi connectivity index (χ4n) is 2.88. The van der Waals surface area contributed by atoms with E-state index in [0.29, 0.717) is 5.69 Å². The first-order valence-corrected chi connectivity index (χ1v) is 7.26. The van der Waals surface area contributed by atoms with Crippen molar-refractivity contribution in [1.29, 1.82) is 0 Å². The van der Waals surface area contributed by atoms with Crippen molar-refractivity contribution >= 4 is 17.3 Å². The number of hydrogen-bond acceptors (Lipinski definition) is 5. The topological polar surface area (TPSA) is 67.6 Å². The minimum Gasteiger partial charge on any atom is -0.465 e. The van der Waals surface area contributed by atoms with Crippen LogP contribution in [0, 0.1) is 5.82 Å². The summed E-state index contributed by atoms with van der Waals surface area (Å²) in [7, 11) is 1.28. The number of carbonyl (C=O) groups is 1. The average molecular weight is 293 g/mol. The number of esters is 1. The van der Waals surface area contributed by atoms with Crippen molar-refractivity contribution in [2.45, 2.75) is 31.3 Å². The maximum absolute atomic E-state index is 14.0. The summed E-state index contributed by atoms with van der Waals surface area (Å²) in [5.74, 6) is -0.994. The Hall–Kier alpha value is -1.82. The van der Waals surface area contributed by atoms with Gasteiger partial charge in [0.05, 0.1) is 18.4 Å². The highest BCUT2D eigenvalue weighted by molar-refractivity contribution is 5.96. The number of anilines is 2. The van der Waals surface area contributed by atoms with E-state index in [2.05, 4.69) is 15.0 Å².